The highest BCUT2D eigenvalue weighted by Gasteiger charge is 2.35. The summed E-state index contributed by atoms with van der Waals surface area (Å²) in [7, 11) is 0. The summed E-state index contributed by atoms with van der Waals surface area (Å²) in [5.41, 5.74) is 1.47. The second-order valence-electron chi connectivity index (χ2n) is 7.04. The quantitative estimate of drug-likeness (QED) is 0.358. The Bertz CT molecular complexity index is 1050. The molecule has 1 fully saturated rings. The average Bonchev–Trinajstić information content (AvgIpc) is 3.43. The number of nitrogens with zero attached hydrogens (tertiary/aromatic N) is 1. The minimum absolute atomic E-state index is 0.186. The lowest BCUT2D eigenvalue weighted by molar-refractivity contribution is -0.139. The van der Waals surface area contributed by atoms with Crippen LogP contribution in [0.2, 0.25) is 0 Å². The molecule has 1 aliphatic carbocycles. The Kier molecular flexibility index (Phi) is 5.25. The molecule has 0 saturated heterocycles. The van der Waals surface area contributed by atoms with E-state index >= 15 is 0 Å². The second kappa shape index (κ2) is 7.71. The van der Waals surface area contributed by atoms with E-state index in [-0.39, 0.29) is 23.0 Å². The molecule has 0 amide bonds. The van der Waals surface area contributed by atoms with E-state index in [1.807, 2.05) is 0 Å². The van der Waals surface area contributed by atoms with Gasteiger partial charge in [0.25, 0.3) is 0 Å². The van der Waals surface area contributed by atoms with Crippen LogP contribution in [0.25, 0.3) is 0 Å². The molecule has 3 nitrogen and oxygen atoms in total. The van der Waals surface area contributed by atoms with E-state index in [1.165, 1.54) is 12.3 Å². The van der Waals surface area contributed by atoms with Crippen LogP contribution in [0, 0.1) is 0 Å². The molecule has 0 unspecified atom stereocenters. The van der Waals surface area contributed by atoms with Gasteiger partial charge in [0.1, 0.15) is 0 Å². The topological polar surface area (TPSA) is 43.1 Å². The van der Waals surface area contributed by atoms with Crippen molar-refractivity contribution in [1.82, 2.24) is 5.16 Å². The first kappa shape index (κ1) is 19.8. The summed E-state index contributed by atoms with van der Waals surface area (Å²) in [5.74, 6) is 0.630. The predicted molar refractivity (Wildman–Crippen MR) is 104 cm³/mol. The van der Waals surface area contributed by atoms with E-state index in [1.54, 1.807) is 36.6 Å². The van der Waals surface area contributed by atoms with Crippen molar-refractivity contribution in [3.63, 3.8) is 0 Å². The molecule has 1 aromatic heterocycles. The SMILES string of the molecule is CSc1c(Cc2ccccc2C(=O)c2cnoc2C2CC2)cccc1C(F)(F)F. The van der Waals surface area contributed by atoms with Crippen LogP contribution in [0.1, 0.15) is 57.1 Å². The van der Waals surface area contributed by atoms with Gasteiger partial charge in [0.05, 0.1) is 17.3 Å². The van der Waals surface area contributed by atoms with Crippen molar-refractivity contribution in [3.05, 3.63) is 82.2 Å². The van der Waals surface area contributed by atoms with E-state index < -0.39 is 11.7 Å². The third kappa shape index (κ3) is 3.96. The van der Waals surface area contributed by atoms with Gasteiger partial charge in [-0.15, -0.1) is 11.8 Å². The van der Waals surface area contributed by atoms with Gasteiger partial charge in [-0.3, -0.25) is 4.79 Å². The fourth-order valence-electron chi connectivity index (χ4n) is 3.49. The van der Waals surface area contributed by atoms with Gasteiger partial charge in [-0.2, -0.15) is 13.2 Å². The first-order valence-corrected chi connectivity index (χ1v) is 10.4. The van der Waals surface area contributed by atoms with E-state index in [0.717, 1.165) is 30.7 Å². The Morgan fingerprint density at radius 1 is 1.10 bits per heavy atom. The van der Waals surface area contributed by atoms with Crippen LogP contribution >= 0.6 is 11.8 Å². The van der Waals surface area contributed by atoms with Crippen LogP contribution in [0.3, 0.4) is 0 Å². The molecular weight excluding hydrogens is 399 g/mol. The molecule has 0 N–H and O–H groups in total. The number of hydrogen-bond acceptors (Lipinski definition) is 4. The van der Waals surface area contributed by atoms with Gasteiger partial charge < -0.3 is 4.52 Å². The Morgan fingerprint density at radius 3 is 2.52 bits per heavy atom. The Labute approximate surface area is 170 Å². The monoisotopic (exact) mass is 417 g/mol. The average molecular weight is 417 g/mol. The Balaban J connectivity index is 1.72. The number of halogens is 3. The molecular formula is C22H18F3NO2S. The van der Waals surface area contributed by atoms with Crippen LogP contribution in [0.5, 0.6) is 0 Å². The maximum atomic E-state index is 13.4. The fourth-order valence-corrected chi connectivity index (χ4v) is 4.30. The zero-order chi connectivity index (χ0) is 20.6. The van der Waals surface area contributed by atoms with Crippen LogP contribution in [0.15, 0.2) is 58.1 Å². The van der Waals surface area contributed by atoms with Gasteiger partial charge in [0.15, 0.2) is 11.5 Å². The largest absolute Gasteiger partial charge is 0.417 e. The molecule has 3 aromatic rings. The number of aromatic nitrogens is 1. The molecule has 0 radical (unpaired) electrons. The lowest BCUT2D eigenvalue weighted by Crippen LogP contribution is -2.10. The van der Waals surface area contributed by atoms with Crippen molar-refractivity contribution in [1.29, 1.82) is 0 Å². The van der Waals surface area contributed by atoms with Gasteiger partial charge in [0.2, 0.25) is 0 Å². The Hall–Kier alpha value is -2.54. The lowest BCUT2D eigenvalue weighted by Gasteiger charge is -2.16. The molecule has 2 aromatic carbocycles. The minimum atomic E-state index is -4.43. The summed E-state index contributed by atoms with van der Waals surface area (Å²) in [6, 6.07) is 11.2. The highest BCUT2D eigenvalue weighted by atomic mass is 32.2. The number of ketones is 1. The van der Waals surface area contributed by atoms with E-state index in [2.05, 4.69) is 5.16 Å². The number of benzene rings is 2. The van der Waals surface area contributed by atoms with Crippen molar-refractivity contribution in [2.24, 2.45) is 0 Å². The third-order valence-electron chi connectivity index (χ3n) is 5.04. The molecule has 1 aliphatic rings. The van der Waals surface area contributed by atoms with Crippen LogP contribution in [0.4, 0.5) is 13.2 Å². The standard InChI is InChI=1S/C22H18F3NO2S/c1-29-21-15(6-4-8-18(21)22(23,24)25)11-14-5-2-3-7-16(14)19(27)17-12-26-28-20(17)13-9-10-13/h2-8,12-13H,9-11H2,1H3. The number of thioether (sulfide) groups is 1. The van der Waals surface area contributed by atoms with Crippen LogP contribution in [-0.2, 0) is 12.6 Å². The molecule has 0 bridgehead atoms. The van der Waals surface area contributed by atoms with Crippen molar-refractivity contribution >= 4 is 17.5 Å². The highest BCUT2D eigenvalue weighted by molar-refractivity contribution is 7.98. The number of hydrogen-bond donors (Lipinski definition) is 0. The summed E-state index contributed by atoms with van der Waals surface area (Å²) in [6.07, 6.45) is 0.808. The third-order valence-corrected chi connectivity index (χ3v) is 5.93. The van der Waals surface area contributed by atoms with Crippen molar-refractivity contribution in [2.75, 3.05) is 6.26 Å². The molecule has 29 heavy (non-hydrogen) atoms. The summed E-state index contributed by atoms with van der Waals surface area (Å²) in [5, 5.41) is 3.79. The Morgan fingerprint density at radius 2 is 1.83 bits per heavy atom. The van der Waals surface area contributed by atoms with E-state index in [9.17, 15) is 18.0 Å². The first-order valence-electron chi connectivity index (χ1n) is 9.20. The zero-order valence-corrected chi connectivity index (χ0v) is 16.4. The molecule has 1 heterocycles. The van der Waals surface area contributed by atoms with Gasteiger partial charge >= 0.3 is 6.18 Å². The maximum absolute atomic E-state index is 13.4. The molecule has 1 saturated carbocycles. The zero-order valence-electron chi connectivity index (χ0n) is 15.6. The van der Waals surface area contributed by atoms with Crippen LogP contribution in [-0.4, -0.2) is 17.2 Å². The number of carbonyl (C=O) groups is 1. The van der Waals surface area contributed by atoms with Gasteiger partial charge in [-0.1, -0.05) is 41.6 Å². The summed E-state index contributed by atoms with van der Waals surface area (Å²) >= 11 is 1.06. The number of carbonyl (C=O) groups excluding carboxylic acids is 1. The van der Waals surface area contributed by atoms with E-state index in [0.29, 0.717) is 28.0 Å². The van der Waals surface area contributed by atoms with Crippen molar-refractivity contribution < 1.29 is 22.5 Å². The summed E-state index contributed by atoms with van der Waals surface area (Å²) in [6.45, 7) is 0. The highest BCUT2D eigenvalue weighted by Crippen LogP contribution is 2.42. The number of alkyl halides is 3. The number of rotatable bonds is 6. The minimum Gasteiger partial charge on any atom is -0.360 e. The molecule has 0 atom stereocenters. The maximum Gasteiger partial charge on any atom is 0.417 e. The molecule has 7 heteroatoms. The predicted octanol–water partition coefficient (Wildman–Crippen LogP) is 6.11. The van der Waals surface area contributed by atoms with Crippen molar-refractivity contribution in [2.45, 2.75) is 36.3 Å². The van der Waals surface area contributed by atoms with Gasteiger partial charge in [-0.25, -0.2) is 0 Å². The summed E-state index contributed by atoms with van der Waals surface area (Å²) < 4.78 is 45.4. The molecule has 0 spiro atoms. The second-order valence-corrected chi connectivity index (χ2v) is 7.85. The van der Waals surface area contributed by atoms with Gasteiger partial charge in [0, 0.05) is 16.4 Å². The molecule has 0 aliphatic heterocycles. The smallest absolute Gasteiger partial charge is 0.360 e. The fraction of sp³-hybridized carbons (Fsp3) is 0.273. The summed E-state index contributed by atoms with van der Waals surface area (Å²) in [4.78, 5) is 13.4. The lowest BCUT2D eigenvalue weighted by atomic mass is 9.93. The van der Waals surface area contributed by atoms with Crippen molar-refractivity contribution in [3.8, 4) is 0 Å². The first-order chi connectivity index (χ1) is 13.9. The van der Waals surface area contributed by atoms with E-state index in [4.69, 9.17) is 4.52 Å². The van der Waals surface area contributed by atoms with Gasteiger partial charge in [-0.05, 0) is 42.7 Å². The molecule has 150 valence electrons. The van der Waals surface area contributed by atoms with Crippen LogP contribution < -0.4 is 0 Å². The normalized spacial score (nSPS) is 14.2. The molecule has 4 rings (SSSR count).